The van der Waals surface area contributed by atoms with Gasteiger partial charge in [-0.25, -0.2) is 0 Å². The van der Waals surface area contributed by atoms with Gasteiger partial charge in [-0.05, 0) is 54.7 Å². The number of hydrogen-bond donors (Lipinski definition) is 1. The molecule has 0 saturated heterocycles. The van der Waals surface area contributed by atoms with Gasteiger partial charge in [0.2, 0.25) is 5.91 Å². The topological polar surface area (TPSA) is 38.3 Å². The van der Waals surface area contributed by atoms with E-state index in [2.05, 4.69) is 23.5 Å². The lowest BCUT2D eigenvalue weighted by Crippen LogP contribution is -2.14. The lowest BCUT2D eigenvalue weighted by molar-refractivity contribution is -0.113. The van der Waals surface area contributed by atoms with E-state index in [4.69, 9.17) is 4.74 Å². The zero-order valence-corrected chi connectivity index (χ0v) is 13.4. The summed E-state index contributed by atoms with van der Waals surface area (Å²) in [5.41, 5.74) is 3.61. The minimum absolute atomic E-state index is 0.0185. The monoisotopic (exact) mass is 313 g/mol. The number of fused-ring (bicyclic) bond motifs is 1. The van der Waals surface area contributed by atoms with Crippen LogP contribution in [-0.4, -0.2) is 18.8 Å². The van der Waals surface area contributed by atoms with E-state index in [9.17, 15) is 4.79 Å². The van der Waals surface area contributed by atoms with Crippen LogP contribution in [0.1, 0.15) is 17.5 Å². The number of benzene rings is 2. The minimum Gasteiger partial charge on any atom is -0.495 e. The second-order valence-electron chi connectivity index (χ2n) is 5.32. The summed E-state index contributed by atoms with van der Waals surface area (Å²) < 4.78 is 5.24. The number of carbonyl (C=O) groups is 1. The molecule has 3 rings (SSSR count). The number of amides is 1. The third-order valence-corrected chi connectivity index (χ3v) is 4.81. The molecule has 1 aliphatic rings. The van der Waals surface area contributed by atoms with Crippen LogP contribution >= 0.6 is 11.8 Å². The summed E-state index contributed by atoms with van der Waals surface area (Å²) >= 11 is 1.57. The zero-order chi connectivity index (χ0) is 15.4. The highest BCUT2D eigenvalue weighted by Crippen LogP contribution is 2.28. The number of rotatable bonds is 5. The molecule has 2 aromatic carbocycles. The van der Waals surface area contributed by atoms with E-state index in [0.29, 0.717) is 17.2 Å². The van der Waals surface area contributed by atoms with Gasteiger partial charge in [0.15, 0.2) is 0 Å². The van der Waals surface area contributed by atoms with Crippen LogP contribution in [0, 0.1) is 0 Å². The third kappa shape index (κ3) is 3.45. The van der Waals surface area contributed by atoms with Crippen molar-refractivity contribution in [3.8, 4) is 5.75 Å². The highest BCUT2D eigenvalue weighted by molar-refractivity contribution is 8.00. The Hall–Kier alpha value is -1.94. The first-order chi connectivity index (χ1) is 10.8. The number of para-hydroxylation sites is 2. The number of hydrogen-bond acceptors (Lipinski definition) is 3. The third-order valence-electron chi connectivity index (χ3n) is 3.82. The SMILES string of the molecule is COc1ccccc1NC(=O)CSc1ccc2c(c1)CCC2. The van der Waals surface area contributed by atoms with Crippen LogP contribution in [0.25, 0.3) is 0 Å². The first-order valence-electron chi connectivity index (χ1n) is 7.44. The van der Waals surface area contributed by atoms with E-state index in [0.717, 1.165) is 11.3 Å². The fourth-order valence-electron chi connectivity index (χ4n) is 2.72. The molecule has 1 amide bonds. The molecule has 3 nitrogen and oxygen atoms in total. The number of methoxy groups -OCH3 is 1. The summed E-state index contributed by atoms with van der Waals surface area (Å²) in [6.45, 7) is 0. The Bertz CT molecular complexity index is 685. The summed E-state index contributed by atoms with van der Waals surface area (Å²) in [7, 11) is 1.60. The smallest absolute Gasteiger partial charge is 0.234 e. The summed E-state index contributed by atoms with van der Waals surface area (Å²) in [6.07, 6.45) is 3.60. The summed E-state index contributed by atoms with van der Waals surface area (Å²) in [5.74, 6) is 1.06. The Labute approximate surface area is 135 Å². The molecule has 1 aliphatic carbocycles. The molecule has 0 atom stereocenters. The molecule has 0 aromatic heterocycles. The molecule has 1 N–H and O–H groups in total. The molecule has 0 spiro atoms. The number of ether oxygens (including phenoxy) is 1. The van der Waals surface area contributed by atoms with Crippen molar-refractivity contribution in [2.45, 2.75) is 24.2 Å². The van der Waals surface area contributed by atoms with Gasteiger partial charge in [0, 0.05) is 4.90 Å². The average molecular weight is 313 g/mol. The van der Waals surface area contributed by atoms with E-state index in [1.54, 1.807) is 18.9 Å². The molecular formula is C18H19NO2S. The van der Waals surface area contributed by atoms with Gasteiger partial charge in [-0.3, -0.25) is 4.79 Å². The molecular weight excluding hydrogens is 294 g/mol. The van der Waals surface area contributed by atoms with Crippen molar-refractivity contribution in [3.05, 3.63) is 53.6 Å². The van der Waals surface area contributed by atoms with Gasteiger partial charge < -0.3 is 10.1 Å². The Balaban J connectivity index is 1.58. The largest absolute Gasteiger partial charge is 0.495 e. The molecule has 0 aliphatic heterocycles. The first kappa shape index (κ1) is 15.0. The number of thioether (sulfide) groups is 1. The van der Waals surface area contributed by atoms with Crippen LogP contribution in [-0.2, 0) is 17.6 Å². The fraction of sp³-hybridized carbons (Fsp3) is 0.278. The molecule has 22 heavy (non-hydrogen) atoms. The van der Waals surface area contributed by atoms with Gasteiger partial charge in [0.25, 0.3) is 0 Å². The normalized spacial score (nSPS) is 12.8. The highest BCUT2D eigenvalue weighted by Gasteiger charge is 2.12. The van der Waals surface area contributed by atoms with E-state index >= 15 is 0 Å². The Morgan fingerprint density at radius 2 is 2.00 bits per heavy atom. The first-order valence-corrected chi connectivity index (χ1v) is 8.42. The summed E-state index contributed by atoms with van der Waals surface area (Å²) in [6, 6.07) is 14.0. The maximum absolute atomic E-state index is 12.1. The Kier molecular flexibility index (Phi) is 4.68. The van der Waals surface area contributed by atoms with Crippen molar-refractivity contribution in [1.82, 2.24) is 0 Å². The number of aryl methyl sites for hydroxylation is 2. The lowest BCUT2D eigenvalue weighted by atomic mass is 10.1. The maximum Gasteiger partial charge on any atom is 0.234 e. The van der Waals surface area contributed by atoms with Gasteiger partial charge in [-0.15, -0.1) is 11.8 Å². The van der Waals surface area contributed by atoms with Crippen LogP contribution in [0.15, 0.2) is 47.4 Å². The lowest BCUT2D eigenvalue weighted by Gasteiger charge is -2.10. The van der Waals surface area contributed by atoms with Crippen LogP contribution < -0.4 is 10.1 Å². The molecule has 4 heteroatoms. The number of anilines is 1. The quantitative estimate of drug-likeness (QED) is 0.850. The van der Waals surface area contributed by atoms with E-state index in [-0.39, 0.29) is 5.91 Å². The van der Waals surface area contributed by atoms with Crippen molar-refractivity contribution >= 4 is 23.4 Å². The second kappa shape index (κ2) is 6.88. The van der Waals surface area contributed by atoms with Crippen LogP contribution in [0.4, 0.5) is 5.69 Å². The average Bonchev–Trinajstić information content (AvgIpc) is 3.01. The molecule has 0 saturated carbocycles. The van der Waals surface area contributed by atoms with Gasteiger partial charge in [-0.1, -0.05) is 18.2 Å². The van der Waals surface area contributed by atoms with Gasteiger partial charge in [0.1, 0.15) is 5.75 Å². The van der Waals surface area contributed by atoms with Crippen molar-refractivity contribution in [2.75, 3.05) is 18.2 Å². The van der Waals surface area contributed by atoms with Crippen LogP contribution in [0.2, 0.25) is 0 Å². The fourth-order valence-corrected chi connectivity index (χ4v) is 3.48. The minimum atomic E-state index is -0.0185. The maximum atomic E-state index is 12.1. The molecule has 0 unspecified atom stereocenters. The van der Waals surface area contributed by atoms with Crippen molar-refractivity contribution in [2.24, 2.45) is 0 Å². The molecule has 0 radical (unpaired) electrons. The standard InChI is InChI=1S/C18H19NO2S/c1-21-17-8-3-2-7-16(17)19-18(20)12-22-15-10-9-13-5-4-6-14(13)11-15/h2-3,7-11H,4-6,12H2,1H3,(H,19,20). The van der Waals surface area contributed by atoms with E-state index < -0.39 is 0 Å². The summed E-state index contributed by atoms with van der Waals surface area (Å²) in [5, 5.41) is 2.90. The predicted octanol–water partition coefficient (Wildman–Crippen LogP) is 3.91. The Morgan fingerprint density at radius 3 is 2.86 bits per heavy atom. The van der Waals surface area contributed by atoms with Crippen molar-refractivity contribution in [1.29, 1.82) is 0 Å². The summed E-state index contributed by atoms with van der Waals surface area (Å²) in [4.78, 5) is 13.3. The van der Waals surface area contributed by atoms with Gasteiger partial charge in [0.05, 0.1) is 18.6 Å². The zero-order valence-electron chi connectivity index (χ0n) is 12.6. The van der Waals surface area contributed by atoms with Gasteiger partial charge in [-0.2, -0.15) is 0 Å². The predicted molar refractivity (Wildman–Crippen MR) is 90.8 cm³/mol. The number of nitrogens with one attached hydrogen (secondary N) is 1. The molecule has 0 fully saturated rings. The van der Waals surface area contributed by atoms with Gasteiger partial charge >= 0.3 is 0 Å². The van der Waals surface area contributed by atoms with Crippen LogP contribution in [0.5, 0.6) is 5.75 Å². The highest BCUT2D eigenvalue weighted by atomic mass is 32.2. The van der Waals surface area contributed by atoms with Crippen molar-refractivity contribution < 1.29 is 9.53 Å². The number of carbonyl (C=O) groups excluding carboxylic acids is 1. The van der Waals surface area contributed by atoms with E-state index in [1.165, 1.54) is 24.0 Å². The van der Waals surface area contributed by atoms with Crippen LogP contribution in [0.3, 0.4) is 0 Å². The van der Waals surface area contributed by atoms with E-state index in [1.807, 2.05) is 24.3 Å². The molecule has 2 aromatic rings. The second-order valence-corrected chi connectivity index (χ2v) is 6.37. The molecule has 114 valence electrons. The molecule has 0 bridgehead atoms. The molecule has 0 heterocycles. The Morgan fingerprint density at radius 1 is 1.18 bits per heavy atom. The van der Waals surface area contributed by atoms with Crippen molar-refractivity contribution in [3.63, 3.8) is 0 Å².